The van der Waals surface area contributed by atoms with Gasteiger partial charge in [0.2, 0.25) is 5.91 Å². The van der Waals surface area contributed by atoms with Gasteiger partial charge in [-0.2, -0.15) is 5.26 Å². The van der Waals surface area contributed by atoms with Gasteiger partial charge in [0, 0.05) is 26.6 Å². The van der Waals surface area contributed by atoms with Crippen LogP contribution in [0.5, 0.6) is 0 Å². The average molecular weight is 625 g/mol. The Hall–Kier alpha value is -4.72. The highest BCUT2D eigenvalue weighted by Crippen LogP contribution is 2.38. The van der Waals surface area contributed by atoms with Crippen LogP contribution >= 0.6 is 23.1 Å². The first-order valence-corrected chi connectivity index (χ1v) is 15.8. The lowest BCUT2D eigenvalue weighted by atomic mass is 9.96. The van der Waals surface area contributed by atoms with Crippen molar-refractivity contribution in [1.82, 2.24) is 5.32 Å². The molecule has 0 radical (unpaired) electrons. The summed E-state index contributed by atoms with van der Waals surface area (Å²) in [5.41, 5.74) is 2.40. The summed E-state index contributed by atoms with van der Waals surface area (Å²) in [4.78, 5) is 41.2. The maximum Gasteiger partial charge on any atom is 0.272 e. The van der Waals surface area contributed by atoms with E-state index in [-0.39, 0.29) is 17.2 Å². The number of rotatable bonds is 9. The summed E-state index contributed by atoms with van der Waals surface area (Å²) in [7, 11) is 0. The van der Waals surface area contributed by atoms with E-state index >= 15 is 0 Å². The van der Waals surface area contributed by atoms with Crippen molar-refractivity contribution in [2.45, 2.75) is 42.8 Å². The minimum absolute atomic E-state index is 0.137. The lowest BCUT2D eigenvalue weighted by Gasteiger charge is -2.14. The van der Waals surface area contributed by atoms with Gasteiger partial charge in [0.25, 0.3) is 11.8 Å². The fourth-order valence-corrected chi connectivity index (χ4v) is 6.95. The molecule has 0 saturated carbocycles. The molecular formula is C34H29FN4O3S2. The van der Waals surface area contributed by atoms with E-state index in [9.17, 15) is 24.0 Å². The van der Waals surface area contributed by atoms with Gasteiger partial charge in [-0.25, -0.2) is 4.39 Å². The van der Waals surface area contributed by atoms with Gasteiger partial charge in [-0.1, -0.05) is 42.5 Å². The van der Waals surface area contributed by atoms with Gasteiger partial charge in [-0.3, -0.25) is 14.4 Å². The van der Waals surface area contributed by atoms with Crippen LogP contribution in [-0.2, 0) is 22.4 Å². The lowest BCUT2D eigenvalue weighted by Crippen LogP contribution is -2.30. The van der Waals surface area contributed by atoms with Crippen molar-refractivity contribution >= 4 is 57.6 Å². The predicted octanol–water partition coefficient (Wildman–Crippen LogP) is 7.17. The number of amides is 3. The summed E-state index contributed by atoms with van der Waals surface area (Å²) < 4.78 is 14.4. The van der Waals surface area contributed by atoms with Crippen LogP contribution < -0.4 is 16.0 Å². The number of anilines is 2. The maximum atomic E-state index is 14.4. The zero-order valence-electron chi connectivity index (χ0n) is 23.9. The maximum absolute atomic E-state index is 14.4. The molecule has 0 bridgehead atoms. The van der Waals surface area contributed by atoms with E-state index in [1.165, 1.54) is 52.3 Å². The van der Waals surface area contributed by atoms with Crippen molar-refractivity contribution in [1.29, 1.82) is 5.26 Å². The highest BCUT2D eigenvalue weighted by molar-refractivity contribution is 8.00. The Morgan fingerprint density at radius 1 is 0.977 bits per heavy atom. The highest BCUT2D eigenvalue weighted by Gasteiger charge is 2.24. The molecule has 222 valence electrons. The van der Waals surface area contributed by atoms with Crippen LogP contribution in [0.25, 0.3) is 6.08 Å². The first-order valence-electron chi connectivity index (χ1n) is 14.1. The van der Waals surface area contributed by atoms with E-state index in [1.54, 1.807) is 61.5 Å². The summed E-state index contributed by atoms with van der Waals surface area (Å²) in [6.07, 6.45) is 5.21. The number of thiophene rings is 1. The van der Waals surface area contributed by atoms with E-state index in [4.69, 9.17) is 0 Å². The van der Waals surface area contributed by atoms with Crippen molar-refractivity contribution in [3.8, 4) is 6.07 Å². The Kier molecular flexibility index (Phi) is 9.89. The molecular weight excluding hydrogens is 596 g/mol. The fourth-order valence-electron chi connectivity index (χ4n) is 4.78. The Morgan fingerprint density at radius 2 is 1.73 bits per heavy atom. The van der Waals surface area contributed by atoms with Crippen LogP contribution in [0.1, 0.15) is 51.7 Å². The summed E-state index contributed by atoms with van der Waals surface area (Å²) in [5, 5.41) is 18.1. The molecule has 1 atom stereocenters. The molecule has 4 aromatic rings. The minimum Gasteiger partial charge on any atom is -0.321 e. The van der Waals surface area contributed by atoms with Gasteiger partial charge >= 0.3 is 0 Å². The number of hydrogen-bond donors (Lipinski definition) is 3. The monoisotopic (exact) mass is 624 g/mol. The lowest BCUT2D eigenvalue weighted by molar-refractivity contribution is -0.115. The largest absolute Gasteiger partial charge is 0.321 e. The number of carbonyl (C=O) groups is 3. The summed E-state index contributed by atoms with van der Waals surface area (Å²) in [5.74, 6) is -1.92. The first kappa shape index (κ1) is 30.7. The average Bonchev–Trinajstić information content (AvgIpc) is 3.39. The molecule has 10 heteroatoms. The van der Waals surface area contributed by atoms with Crippen LogP contribution in [0.3, 0.4) is 0 Å². The molecule has 0 saturated heterocycles. The molecule has 1 aromatic heterocycles. The van der Waals surface area contributed by atoms with Crippen LogP contribution in [-0.4, -0.2) is 23.0 Å². The van der Waals surface area contributed by atoms with Gasteiger partial charge in [0.1, 0.15) is 22.6 Å². The van der Waals surface area contributed by atoms with Crippen molar-refractivity contribution in [2.75, 3.05) is 10.6 Å². The van der Waals surface area contributed by atoms with Crippen molar-refractivity contribution in [3.63, 3.8) is 0 Å². The van der Waals surface area contributed by atoms with Gasteiger partial charge in [0.05, 0.1) is 10.8 Å². The van der Waals surface area contributed by atoms with Crippen LogP contribution in [0.4, 0.5) is 15.1 Å². The van der Waals surface area contributed by atoms with Gasteiger partial charge in [-0.05, 0) is 80.6 Å². The van der Waals surface area contributed by atoms with E-state index < -0.39 is 22.9 Å². The number of nitriles is 1. The second-order valence-corrected chi connectivity index (χ2v) is 12.7. The molecule has 44 heavy (non-hydrogen) atoms. The zero-order chi connectivity index (χ0) is 31.1. The second kappa shape index (κ2) is 14.2. The molecule has 0 fully saturated rings. The minimum atomic E-state index is -0.642. The Bertz CT molecular complexity index is 1780. The summed E-state index contributed by atoms with van der Waals surface area (Å²) >= 11 is 2.79. The van der Waals surface area contributed by atoms with Crippen LogP contribution in [0.15, 0.2) is 89.5 Å². The third kappa shape index (κ3) is 7.43. The van der Waals surface area contributed by atoms with Crippen molar-refractivity contribution in [2.24, 2.45) is 0 Å². The number of nitrogens with one attached hydrogen (secondary N) is 3. The number of benzene rings is 3. The van der Waals surface area contributed by atoms with Gasteiger partial charge in [-0.15, -0.1) is 23.1 Å². The molecule has 7 nitrogen and oxygen atoms in total. The smallest absolute Gasteiger partial charge is 0.272 e. The molecule has 3 N–H and O–H groups in total. The molecule has 1 unspecified atom stereocenters. The molecule has 5 rings (SSSR count). The van der Waals surface area contributed by atoms with Crippen molar-refractivity contribution < 1.29 is 18.8 Å². The zero-order valence-corrected chi connectivity index (χ0v) is 25.5. The third-order valence-corrected chi connectivity index (χ3v) is 9.33. The molecule has 0 spiro atoms. The second-order valence-electron chi connectivity index (χ2n) is 10.2. The van der Waals surface area contributed by atoms with E-state index in [2.05, 4.69) is 22.0 Å². The molecule has 1 heterocycles. The molecule has 3 amide bonds. The number of halogens is 1. The molecule has 3 aromatic carbocycles. The predicted molar refractivity (Wildman–Crippen MR) is 173 cm³/mol. The summed E-state index contributed by atoms with van der Waals surface area (Å²) in [6, 6.07) is 23.6. The number of aryl methyl sites for hydroxylation is 1. The van der Waals surface area contributed by atoms with E-state index in [0.29, 0.717) is 21.8 Å². The topological polar surface area (TPSA) is 111 Å². The number of carbonyl (C=O) groups excluding carboxylic acids is 3. The number of thioether (sulfide) groups is 1. The normalized spacial score (nSPS) is 13.2. The Balaban J connectivity index is 1.29. The number of hydrogen-bond acceptors (Lipinski definition) is 6. The Labute approximate surface area is 263 Å². The fraction of sp³-hybridized carbons (Fsp3) is 0.176. The number of nitrogens with zero attached hydrogens (tertiary/aromatic N) is 1. The van der Waals surface area contributed by atoms with Gasteiger partial charge in [0.15, 0.2) is 0 Å². The SMILES string of the molecule is CC(Sc1cccc(NC(=O)/C(=C/c2ccccc2F)NC(=O)c2ccccc2)c1)C(=O)Nc1sc2c(c1C#N)CCCC2. The first-order chi connectivity index (χ1) is 21.3. The number of fused-ring (bicyclic) bond motifs is 1. The van der Waals surface area contributed by atoms with Crippen LogP contribution in [0.2, 0.25) is 0 Å². The van der Waals surface area contributed by atoms with E-state index in [1.807, 2.05) is 6.07 Å². The molecule has 1 aliphatic rings. The van der Waals surface area contributed by atoms with E-state index in [0.717, 1.165) is 36.1 Å². The standard InChI is InChI=1S/C34H29FN4O3S2/c1-21(31(40)39-34-27(20-36)26-15-6-8-17-30(26)44-34)43-25-14-9-13-24(19-25)37-33(42)29(18-23-12-5-7-16-28(23)35)38-32(41)22-10-3-2-4-11-22/h2-5,7,9-14,16,18-19,21H,6,8,15,17H2,1H3,(H,37,42)(H,38,41)(H,39,40)/b29-18-. The molecule has 0 aliphatic heterocycles. The Morgan fingerprint density at radius 3 is 2.50 bits per heavy atom. The van der Waals surface area contributed by atoms with Gasteiger partial charge < -0.3 is 16.0 Å². The highest BCUT2D eigenvalue weighted by atomic mass is 32.2. The van der Waals surface area contributed by atoms with Crippen molar-refractivity contribution in [3.05, 3.63) is 118 Å². The van der Waals surface area contributed by atoms with Crippen LogP contribution in [0, 0.1) is 17.1 Å². The molecule has 1 aliphatic carbocycles. The quantitative estimate of drug-likeness (QED) is 0.135. The third-order valence-electron chi connectivity index (χ3n) is 7.03. The summed E-state index contributed by atoms with van der Waals surface area (Å²) in [6.45, 7) is 1.78.